The fourth-order valence-electron chi connectivity index (χ4n) is 1.41. The van der Waals surface area contributed by atoms with Crippen molar-refractivity contribution in [2.45, 2.75) is 18.7 Å². The SMILES string of the molecule is CSCc1ccc(C(=O)NC(C)c2nn[nH]n2)o1. The number of nitrogens with one attached hydrogen (secondary N) is 2. The highest BCUT2D eigenvalue weighted by molar-refractivity contribution is 7.97. The van der Waals surface area contributed by atoms with Crippen LogP contribution in [0.25, 0.3) is 0 Å². The molecule has 2 aromatic rings. The van der Waals surface area contributed by atoms with Crippen molar-refractivity contribution in [1.29, 1.82) is 0 Å². The topological polar surface area (TPSA) is 96.7 Å². The summed E-state index contributed by atoms with van der Waals surface area (Å²) in [6.07, 6.45) is 1.97. The molecule has 0 bridgehead atoms. The Labute approximate surface area is 108 Å². The van der Waals surface area contributed by atoms with Crippen LogP contribution in [0.5, 0.6) is 0 Å². The van der Waals surface area contributed by atoms with Gasteiger partial charge < -0.3 is 9.73 Å². The maximum Gasteiger partial charge on any atom is 0.287 e. The molecule has 0 fully saturated rings. The minimum Gasteiger partial charge on any atom is -0.455 e. The van der Waals surface area contributed by atoms with Crippen LogP contribution in [0.1, 0.15) is 35.1 Å². The van der Waals surface area contributed by atoms with E-state index in [9.17, 15) is 4.79 Å². The fraction of sp³-hybridized carbons (Fsp3) is 0.400. The van der Waals surface area contributed by atoms with Gasteiger partial charge in [-0.25, -0.2) is 0 Å². The molecular weight excluding hydrogens is 254 g/mol. The number of amides is 1. The molecular formula is C10H13N5O2S. The van der Waals surface area contributed by atoms with Gasteiger partial charge in [-0.15, -0.1) is 10.2 Å². The molecule has 0 spiro atoms. The zero-order valence-electron chi connectivity index (χ0n) is 10.0. The summed E-state index contributed by atoms with van der Waals surface area (Å²) in [5, 5.41) is 16.1. The van der Waals surface area contributed by atoms with Gasteiger partial charge in [0.1, 0.15) is 5.76 Å². The lowest BCUT2D eigenvalue weighted by Gasteiger charge is -2.07. The highest BCUT2D eigenvalue weighted by atomic mass is 32.2. The van der Waals surface area contributed by atoms with Crippen LogP contribution in [-0.2, 0) is 5.75 Å². The molecule has 2 heterocycles. The molecule has 1 amide bonds. The zero-order valence-corrected chi connectivity index (χ0v) is 10.8. The average Bonchev–Trinajstić information content (AvgIpc) is 3.00. The number of carbonyl (C=O) groups excluding carboxylic acids is 1. The van der Waals surface area contributed by atoms with Gasteiger partial charge in [-0.3, -0.25) is 4.79 Å². The Hall–Kier alpha value is -1.83. The molecule has 0 radical (unpaired) electrons. The number of H-pyrrole nitrogens is 1. The van der Waals surface area contributed by atoms with E-state index in [4.69, 9.17) is 4.42 Å². The standard InChI is InChI=1S/C10H13N5O2S/c1-6(9-12-14-15-13-9)11-10(16)8-4-3-7(17-8)5-18-2/h3-4,6H,5H2,1-2H3,(H,11,16)(H,12,13,14,15). The number of hydrogen-bond acceptors (Lipinski definition) is 6. The fourth-order valence-corrected chi connectivity index (χ4v) is 1.84. The summed E-state index contributed by atoms with van der Waals surface area (Å²) in [5.41, 5.74) is 0. The number of nitrogens with zero attached hydrogens (tertiary/aromatic N) is 3. The maximum atomic E-state index is 11.9. The summed E-state index contributed by atoms with van der Waals surface area (Å²) in [6, 6.07) is 3.12. The number of rotatable bonds is 5. The zero-order chi connectivity index (χ0) is 13.0. The third kappa shape index (κ3) is 2.89. The van der Waals surface area contributed by atoms with Crippen LogP contribution < -0.4 is 5.32 Å². The Kier molecular flexibility index (Phi) is 3.98. The molecule has 0 aliphatic heterocycles. The molecule has 7 nitrogen and oxygen atoms in total. The van der Waals surface area contributed by atoms with E-state index in [1.165, 1.54) is 0 Å². The second-order valence-electron chi connectivity index (χ2n) is 3.66. The summed E-state index contributed by atoms with van der Waals surface area (Å²) < 4.78 is 5.41. The van der Waals surface area contributed by atoms with E-state index in [1.807, 2.05) is 6.26 Å². The van der Waals surface area contributed by atoms with Gasteiger partial charge in [0.05, 0.1) is 11.8 Å². The first-order valence-electron chi connectivity index (χ1n) is 5.32. The first-order valence-corrected chi connectivity index (χ1v) is 6.72. The Balaban J connectivity index is 1.98. The van der Waals surface area contributed by atoms with Gasteiger partial charge in [0.15, 0.2) is 11.6 Å². The number of tetrazole rings is 1. The maximum absolute atomic E-state index is 11.9. The van der Waals surface area contributed by atoms with Crippen molar-refractivity contribution in [1.82, 2.24) is 25.9 Å². The lowest BCUT2D eigenvalue weighted by Crippen LogP contribution is -2.27. The first kappa shape index (κ1) is 12.6. The van der Waals surface area contributed by atoms with Gasteiger partial charge in [-0.2, -0.15) is 17.0 Å². The normalized spacial score (nSPS) is 12.3. The molecule has 0 saturated carbocycles. The van der Waals surface area contributed by atoms with Gasteiger partial charge in [-0.1, -0.05) is 5.21 Å². The Bertz CT molecular complexity index is 510. The largest absolute Gasteiger partial charge is 0.455 e. The molecule has 1 unspecified atom stereocenters. The monoisotopic (exact) mass is 267 g/mol. The lowest BCUT2D eigenvalue weighted by molar-refractivity contribution is 0.0909. The number of thioether (sulfide) groups is 1. The van der Waals surface area contributed by atoms with Crippen molar-refractivity contribution >= 4 is 17.7 Å². The molecule has 2 N–H and O–H groups in total. The predicted molar refractivity (Wildman–Crippen MR) is 66.0 cm³/mol. The second-order valence-corrected chi connectivity index (χ2v) is 4.53. The van der Waals surface area contributed by atoms with E-state index in [2.05, 4.69) is 25.9 Å². The summed E-state index contributed by atoms with van der Waals surface area (Å²) in [4.78, 5) is 11.9. The molecule has 96 valence electrons. The van der Waals surface area contributed by atoms with Crippen LogP contribution >= 0.6 is 11.8 Å². The van der Waals surface area contributed by atoms with E-state index in [-0.39, 0.29) is 17.7 Å². The van der Waals surface area contributed by atoms with Gasteiger partial charge in [0, 0.05) is 0 Å². The van der Waals surface area contributed by atoms with E-state index in [0.717, 1.165) is 11.5 Å². The molecule has 0 aromatic carbocycles. The minimum absolute atomic E-state index is 0.286. The van der Waals surface area contributed by atoms with E-state index in [0.29, 0.717) is 5.82 Å². The van der Waals surface area contributed by atoms with Crippen molar-refractivity contribution < 1.29 is 9.21 Å². The third-order valence-corrected chi connectivity index (χ3v) is 2.84. The Morgan fingerprint density at radius 2 is 2.44 bits per heavy atom. The molecule has 0 saturated heterocycles. The lowest BCUT2D eigenvalue weighted by atomic mass is 10.3. The van der Waals surface area contributed by atoms with E-state index in [1.54, 1.807) is 30.8 Å². The van der Waals surface area contributed by atoms with Crippen LogP contribution in [-0.4, -0.2) is 32.8 Å². The van der Waals surface area contributed by atoms with Gasteiger partial charge in [0.25, 0.3) is 5.91 Å². The smallest absolute Gasteiger partial charge is 0.287 e. The molecule has 8 heteroatoms. The summed E-state index contributed by atoms with van der Waals surface area (Å²) in [5.74, 6) is 1.95. The summed E-state index contributed by atoms with van der Waals surface area (Å²) in [7, 11) is 0. The second kappa shape index (κ2) is 5.67. The van der Waals surface area contributed by atoms with Crippen molar-refractivity contribution in [3.8, 4) is 0 Å². The first-order chi connectivity index (χ1) is 8.70. The van der Waals surface area contributed by atoms with Crippen LogP contribution in [0, 0.1) is 0 Å². The highest BCUT2D eigenvalue weighted by Crippen LogP contribution is 2.14. The minimum atomic E-state index is -0.328. The van der Waals surface area contributed by atoms with Crippen molar-refractivity contribution in [3.63, 3.8) is 0 Å². The molecule has 18 heavy (non-hydrogen) atoms. The number of furan rings is 1. The highest BCUT2D eigenvalue weighted by Gasteiger charge is 2.17. The Morgan fingerprint density at radius 1 is 1.61 bits per heavy atom. The number of hydrogen-bond donors (Lipinski definition) is 2. The number of aromatic nitrogens is 4. The molecule has 1 atom stereocenters. The van der Waals surface area contributed by atoms with Crippen molar-refractivity contribution in [2.75, 3.05) is 6.26 Å². The van der Waals surface area contributed by atoms with Crippen molar-refractivity contribution in [3.05, 3.63) is 29.5 Å². The summed E-state index contributed by atoms with van der Waals surface area (Å²) >= 11 is 1.63. The van der Waals surface area contributed by atoms with E-state index < -0.39 is 0 Å². The van der Waals surface area contributed by atoms with Crippen LogP contribution in [0.2, 0.25) is 0 Å². The molecule has 2 rings (SSSR count). The number of aromatic amines is 1. The van der Waals surface area contributed by atoms with E-state index >= 15 is 0 Å². The summed E-state index contributed by atoms with van der Waals surface area (Å²) in [6.45, 7) is 1.77. The van der Waals surface area contributed by atoms with Crippen molar-refractivity contribution in [2.24, 2.45) is 0 Å². The van der Waals surface area contributed by atoms with Gasteiger partial charge in [0.2, 0.25) is 0 Å². The third-order valence-electron chi connectivity index (χ3n) is 2.27. The van der Waals surface area contributed by atoms with Gasteiger partial charge in [-0.05, 0) is 25.3 Å². The van der Waals surface area contributed by atoms with Crippen LogP contribution in [0.3, 0.4) is 0 Å². The van der Waals surface area contributed by atoms with Crippen LogP contribution in [0.15, 0.2) is 16.5 Å². The Morgan fingerprint density at radius 3 is 3.11 bits per heavy atom. The number of carbonyl (C=O) groups is 1. The van der Waals surface area contributed by atoms with Crippen LogP contribution in [0.4, 0.5) is 0 Å². The van der Waals surface area contributed by atoms with Gasteiger partial charge >= 0.3 is 0 Å². The predicted octanol–water partition coefficient (Wildman–Crippen LogP) is 1.15. The molecule has 0 aliphatic rings. The quantitative estimate of drug-likeness (QED) is 0.843. The molecule has 2 aromatic heterocycles. The molecule has 0 aliphatic carbocycles. The average molecular weight is 267 g/mol.